The first kappa shape index (κ1) is 15.9. The third-order valence-electron chi connectivity index (χ3n) is 2.78. The van der Waals surface area contributed by atoms with E-state index in [0.717, 1.165) is 5.56 Å². The van der Waals surface area contributed by atoms with Crippen molar-refractivity contribution in [1.29, 1.82) is 0 Å². The smallest absolute Gasteiger partial charge is 0.238 e. The van der Waals surface area contributed by atoms with Crippen molar-refractivity contribution < 1.29 is 17.9 Å². The molecule has 0 aliphatic heterocycles. The number of primary sulfonamides is 1. The maximum absolute atomic E-state index is 11.5. The third-order valence-corrected chi connectivity index (χ3v) is 3.83. The van der Waals surface area contributed by atoms with Gasteiger partial charge in [-0.3, -0.25) is 0 Å². The predicted octanol–water partition coefficient (Wildman–Crippen LogP) is 1.79. The predicted molar refractivity (Wildman–Crippen MR) is 74.0 cm³/mol. The lowest BCUT2D eigenvalue weighted by atomic mass is 10.0. The second-order valence-corrected chi connectivity index (χ2v) is 6.23. The number of hydrogen-bond donors (Lipinski definition) is 1. The largest absolute Gasteiger partial charge is 0.491 e. The van der Waals surface area contributed by atoms with Gasteiger partial charge in [0.05, 0.1) is 11.5 Å². The summed E-state index contributed by atoms with van der Waals surface area (Å²) in [6, 6.07) is 3.31. The summed E-state index contributed by atoms with van der Waals surface area (Å²) in [5.41, 5.74) is 1.41. The van der Waals surface area contributed by atoms with Gasteiger partial charge in [-0.2, -0.15) is 0 Å². The highest BCUT2D eigenvalue weighted by Gasteiger charge is 2.17. The van der Waals surface area contributed by atoms with Crippen molar-refractivity contribution in [3.63, 3.8) is 0 Å². The van der Waals surface area contributed by atoms with Crippen molar-refractivity contribution in [2.75, 3.05) is 20.3 Å². The molecule has 0 spiro atoms. The van der Waals surface area contributed by atoms with Crippen LogP contribution in [0.25, 0.3) is 0 Å². The van der Waals surface area contributed by atoms with Crippen LogP contribution in [0, 0.1) is 6.92 Å². The normalized spacial score (nSPS) is 11.9. The van der Waals surface area contributed by atoms with Gasteiger partial charge in [0, 0.05) is 7.11 Å². The number of nitrogens with two attached hydrogens (primary N) is 1. The minimum Gasteiger partial charge on any atom is -0.491 e. The summed E-state index contributed by atoms with van der Waals surface area (Å²) >= 11 is 0. The molecule has 0 aromatic heterocycles. The van der Waals surface area contributed by atoms with Crippen molar-refractivity contribution in [3.8, 4) is 5.75 Å². The van der Waals surface area contributed by atoms with Gasteiger partial charge >= 0.3 is 0 Å². The van der Waals surface area contributed by atoms with Crippen LogP contribution in [0.15, 0.2) is 17.0 Å². The van der Waals surface area contributed by atoms with Crippen molar-refractivity contribution in [1.82, 2.24) is 0 Å². The number of ether oxygens (including phenoxy) is 2. The summed E-state index contributed by atoms with van der Waals surface area (Å²) in [5.74, 6) is 0.815. The zero-order chi connectivity index (χ0) is 14.6. The van der Waals surface area contributed by atoms with Crippen LogP contribution in [0.3, 0.4) is 0 Å². The van der Waals surface area contributed by atoms with Gasteiger partial charge in [0.2, 0.25) is 10.0 Å². The Balaban J connectivity index is 3.22. The molecule has 108 valence electrons. The van der Waals surface area contributed by atoms with Crippen molar-refractivity contribution in [3.05, 3.63) is 23.3 Å². The molecule has 0 amide bonds. The summed E-state index contributed by atoms with van der Waals surface area (Å²) in [7, 11) is -2.11. The second kappa shape index (κ2) is 6.36. The molecule has 0 atom stereocenters. The minimum atomic E-state index is -3.71. The first-order valence-corrected chi connectivity index (χ1v) is 7.61. The summed E-state index contributed by atoms with van der Waals surface area (Å²) < 4.78 is 33.6. The molecule has 0 unspecified atom stereocenters. The van der Waals surface area contributed by atoms with E-state index in [1.165, 1.54) is 0 Å². The molecule has 0 saturated heterocycles. The molecule has 1 rings (SSSR count). The van der Waals surface area contributed by atoms with Crippen molar-refractivity contribution in [2.24, 2.45) is 5.14 Å². The number of hydrogen-bond acceptors (Lipinski definition) is 4. The van der Waals surface area contributed by atoms with E-state index in [-0.39, 0.29) is 10.8 Å². The lowest BCUT2D eigenvalue weighted by Crippen LogP contribution is -2.15. The Labute approximate surface area is 114 Å². The van der Waals surface area contributed by atoms with Gasteiger partial charge in [-0.15, -0.1) is 0 Å². The van der Waals surface area contributed by atoms with E-state index < -0.39 is 10.0 Å². The highest BCUT2D eigenvalue weighted by atomic mass is 32.2. The van der Waals surface area contributed by atoms with Crippen LogP contribution in [-0.2, 0) is 14.8 Å². The topological polar surface area (TPSA) is 78.6 Å². The summed E-state index contributed by atoms with van der Waals surface area (Å²) in [6.07, 6.45) is 0. The number of sulfonamides is 1. The first-order valence-electron chi connectivity index (χ1n) is 6.06. The van der Waals surface area contributed by atoms with Gasteiger partial charge in [0.15, 0.2) is 0 Å². The summed E-state index contributed by atoms with van der Waals surface area (Å²) in [4.78, 5) is 0.148. The maximum atomic E-state index is 11.5. The van der Waals surface area contributed by atoms with Gasteiger partial charge < -0.3 is 9.47 Å². The lowest BCUT2D eigenvalue weighted by Gasteiger charge is -2.16. The van der Waals surface area contributed by atoms with E-state index >= 15 is 0 Å². The SMILES string of the molecule is COCCOc1cc(C)c(S(N)(=O)=O)cc1C(C)C. The molecule has 5 nitrogen and oxygen atoms in total. The van der Waals surface area contributed by atoms with Crippen molar-refractivity contribution in [2.45, 2.75) is 31.6 Å². The van der Waals surface area contributed by atoms with Gasteiger partial charge in [-0.05, 0) is 36.1 Å². The van der Waals surface area contributed by atoms with Gasteiger partial charge in [-0.1, -0.05) is 13.8 Å². The van der Waals surface area contributed by atoms with Crippen LogP contribution in [0.5, 0.6) is 5.75 Å². The number of rotatable bonds is 6. The average Bonchev–Trinajstić information content (AvgIpc) is 2.27. The van der Waals surface area contributed by atoms with E-state index in [2.05, 4.69) is 0 Å². The Bertz CT molecular complexity index is 538. The molecule has 0 aliphatic rings. The summed E-state index contributed by atoms with van der Waals surface area (Å²) in [6.45, 7) is 6.55. The van der Waals surface area contributed by atoms with E-state index in [1.807, 2.05) is 13.8 Å². The summed E-state index contributed by atoms with van der Waals surface area (Å²) in [5, 5.41) is 5.21. The fourth-order valence-electron chi connectivity index (χ4n) is 1.79. The highest BCUT2D eigenvalue weighted by molar-refractivity contribution is 7.89. The van der Waals surface area contributed by atoms with E-state index in [9.17, 15) is 8.42 Å². The molecule has 19 heavy (non-hydrogen) atoms. The first-order chi connectivity index (χ1) is 8.77. The van der Waals surface area contributed by atoms with Gasteiger partial charge in [0.25, 0.3) is 0 Å². The standard InChI is InChI=1S/C13H21NO4S/c1-9(2)11-8-13(19(14,15)16)10(3)7-12(11)18-6-5-17-4/h7-9H,5-6H2,1-4H3,(H2,14,15,16). The molecule has 1 aromatic carbocycles. The Morgan fingerprint density at radius 1 is 1.26 bits per heavy atom. The molecule has 1 aromatic rings. The molecule has 0 radical (unpaired) electrons. The molecule has 0 aliphatic carbocycles. The van der Waals surface area contributed by atoms with Crippen molar-refractivity contribution >= 4 is 10.0 Å². The number of methoxy groups -OCH3 is 1. The average molecular weight is 287 g/mol. The fourth-order valence-corrected chi connectivity index (χ4v) is 2.59. The van der Waals surface area contributed by atoms with E-state index in [1.54, 1.807) is 26.2 Å². The Hall–Kier alpha value is -1.11. The van der Waals surface area contributed by atoms with E-state index in [4.69, 9.17) is 14.6 Å². The molecule has 0 heterocycles. The molecular formula is C13H21NO4S. The number of benzene rings is 1. The van der Waals surface area contributed by atoms with Crippen LogP contribution in [0.2, 0.25) is 0 Å². The Kier molecular flexibility index (Phi) is 5.34. The third kappa shape index (κ3) is 4.19. The maximum Gasteiger partial charge on any atom is 0.238 e. The Morgan fingerprint density at radius 3 is 2.37 bits per heavy atom. The second-order valence-electron chi connectivity index (χ2n) is 4.70. The molecule has 2 N–H and O–H groups in total. The van der Waals surface area contributed by atoms with Crippen LogP contribution < -0.4 is 9.88 Å². The zero-order valence-corrected chi connectivity index (χ0v) is 12.6. The monoisotopic (exact) mass is 287 g/mol. The van der Waals surface area contributed by atoms with Gasteiger partial charge in [0.1, 0.15) is 12.4 Å². The van der Waals surface area contributed by atoms with Crippen LogP contribution in [0.4, 0.5) is 0 Å². The highest BCUT2D eigenvalue weighted by Crippen LogP contribution is 2.31. The van der Waals surface area contributed by atoms with Crippen LogP contribution in [-0.4, -0.2) is 28.7 Å². The quantitative estimate of drug-likeness (QED) is 0.809. The fraction of sp³-hybridized carbons (Fsp3) is 0.538. The van der Waals surface area contributed by atoms with Crippen LogP contribution >= 0.6 is 0 Å². The van der Waals surface area contributed by atoms with Crippen LogP contribution in [0.1, 0.15) is 30.9 Å². The molecular weight excluding hydrogens is 266 g/mol. The molecule has 6 heteroatoms. The Morgan fingerprint density at radius 2 is 1.89 bits per heavy atom. The molecule has 0 bridgehead atoms. The molecule has 0 saturated carbocycles. The minimum absolute atomic E-state index is 0.138. The lowest BCUT2D eigenvalue weighted by molar-refractivity contribution is 0.145. The molecule has 0 fully saturated rings. The number of aryl methyl sites for hydroxylation is 1. The van der Waals surface area contributed by atoms with E-state index in [0.29, 0.717) is 24.5 Å². The van der Waals surface area contributed by atoms with Gasteiger partial charge in [-0.25, -0.2) is 13.6 Å². The zero-order valence-electron chi connectivity index (χ0n) is 11.8.